The van der Waals surface area contributed by atoms with Crippen LogP contribution >= 0.6 is 11.3 Å². The number of thiazole rings is 1. The number of pyridine rings is 1. The molecule has 3 rings (SSSR count). The van der Waals surface area contributed by atoms with E-state index in [1.54, 1.807) is 12.4 Å². The number of hydrogen-bond acceptors (Lipinski definition) is 5. The van der Waals surface area contributed by atoms with E-state index in [4.69, 9.17) is 4.74 Å². The lowest BCUT2D eigenvalue weighted by molar-refractivity contribution is 0.139. The van der Waals surface area contributed by atoms with Gasteiger partial charge in [0.05, 0.1) is 12.2 Å². The molecule has 0 aliphatic heterocycles. The van der Waals surface area contributed by atoms with E-state index in [1.807, 2.05) is 47.8 Å². The molecule has 0 aliphatic rings. The molecule has 0 unspecified atom stereocenters. The molecule has 2 heterocycles. The number of nitrogens with one attached hydrogen (secondary N) is 1. The van der Waals surface area contributed by atoms with Crippen molar-refractivity contribution in [3.05, 3.63) is 70.8 Å². The minimum Gasteiger partial charge on any atom is -0.445 e. The fourth-order valence-corrected chi connectivity index (χ4v) is 2.71. The normalized spacial score (nSPS) is 10.3. The summed E-state index contributed by atoms with van der Waals surface area (Å²) in [6.45, 7) is 0.607. The van der Waals surface area contributed by atoms with Gasteiger partial charge in [-0.15, -0.1) is 11.3 Å². The van der Waals surface area contributed by atoms with Crippen molar-refractivity contribution in [2.24, 2.45) is 0 Å². The molecule has 1 N–H and O–H groups in total. The van der Waals surface area contributed by atoms with Gasteiger partial charge in [0.1, 0.15) is 11.6 Å². The number of ether oxygens (including phenoxy) is 1. The van der Waals surface area contributed by atoms with Crippen LogP contribution in [0.5, 0.6) is 0 Å². The van der Waals surface area contributed by atoms with Crippen LogP contribution in [-0.4, -0.2) is 16.1 Å². The fourth-order valence-electron chi connectivity index (χ4n) is 1.97. The van der Waals surface area contributed by atoms with E-state index in [-0.39, 0.29) is 6.61 Å². The van der Waals surface area contributed by atoms with Crippen molar-refractivity contribution in [3.63, 3.8) is 0 Å². The molecule has 0 atom stereocenters. The summed E-state index contributed by atoms with van der Waals surface area (Å²) in [5.74, 6) is 0. The highest BCUT2D eigenvalue weighted by Crippen LogP contribution is 2.20. The molecule has 23 heavy (non-hydrogen) atoms. The summed E-state index contributed by atoms with van der Waals surface area (Å²) in [4.78, 5) is 20.2. The largest absolute Gasteiger partial charge is 0.445 e. The van der Waals surface area contributed by atoms with Crippen LogP contribution in [0.2, 0.25) is 0 Å². The monoisotopic (exact) mass is 325 g/mol. The highest BCUT2D eigenvalue weighted by molar-refractivity contribution is 7.09. The van der Waals surface area contributed by atoms with Crippen LogP contribution in [0.4, 0.5) is 4.79 Å². The highest BCUT2D eigenvalue weighted by Gasteiger charge is 2.07. The van der Waals surface area contributed by atoms with E-state index in [1.165, 1.54) is 11.3 Å². The Bertz CT molecular complexity index is 760. The average molecular weight is 325 g/mol. The number of carbonyl (C=O) groups excluding carboxylic acids is 1. The van der Waals surface area contributed by atoms with Gasteiger partial charge in [-0.25, -0.2) is 9.78 Å². The molecule has 0 spiro atoms. The fraction of sp³-hybridized carbons (Fsp3) is 0.118. The minimum atomic E-state index is -0.450. The predicted octanol–water partition coefficient (Wildman–Crippen LogP) is 3.63. The summed E-state index contributed by atoms with van der Waals surface area (Å²) in [6.07, 6.45) is 3.01. The van der Waals surface area contributed by atoms with Crippen LogP contribution in [0.3, 0.4) is 0 Å². The molecular formula is C17H15N3O2S. The molecule has 0 radical (unpaired) electrons. The van der Waals surface area contributed by atoms with Crippen LogP contribution in [0.1, 0.15) is 10.6 Å². The van der Waals surface area contributed by atoms with Gasteiger partial charge in [0.2, 0.25) is 0 Å². The second-order valence-electron chi connectivity index (χ2n) is 4.78. The standard InChI is InChI=1S/C17H15N3O2S/c21-17(22-11-13-4-2-1-3-5-13)19-10-16-20-15(12-23-16)14-6-8-18-9-7-14/h1-9,12H,10-11H2,(H,19,21). The first-order chi connectivity index (χ1) is 11.3. The van der Waals surface area contributed by atoms with Crippen molar-refractivity contribution < 1.29 is 9.53 Å². The van der Waals surface area contributed by atoms with Gasteiger partial charge < -0.3 is 10.1 Å². The van der Waals surface area contributed by atoms with E-state index in [0.29, 0.717) is 6.54 Å². The molecule has 2 aromatic heterocycles. The third-order valence-corrected chi connectivity index (χ3v) is 3.97. The Morgan fingerprint density at radius 3 is 2.70 bits per heavy atom. The van der Waals surface area contributed by atoms with Crippen molar-refractivity contribution in [3.8, 4) is 11.3 Å². The first-order valence-electron chi connectivity index (χ1n) is 7.10. The number of carbonyl (C=O) groups is 1. The number of nitrogens with zero attached hydrogens (tertiary/aromatic N) is 2. The molecule has 0 fully saturated rings. The third-order valence-electron chi connectivity index (χ3n) is 3.12. The molecule has 116 valence electrons. The lowest BCUT2D eigenvalue weighted by Crippen LogP contribution is -2.23. The molecule has 3 aromatic rings. The van der Waals surface area contributed by atoms with Gasteiger partial charge in [0.15, 0.2) is 0 Å². The summed E-state index contributed by atoms with van der Waals surface area (Å²) in [7, 11) is 0. The number of benzene rings is 1. The number of aromatic nitrogens is 2. The number of hydrogen-bond donors (Lipinski definition) is 1. The van der Waals surface area contributed by atoms with Gasteiger partial charge in [-0.3, -0.25) is 4.98 Å². The molecule has 0 saturated heterocycles. The van der Waals surface area contributed by atoms with Crippen molar-refractivity contribution in [2.75, 3.05) is 0 Å². The summed E-state index contributed by atoms with van der Waals surface area (Å²) < 4.78 is 5.16. The van der Waals surface area contributed by atoms with Gasteiger partial charge in [-0.1, -0.05) is 30.3 Å². The lowest BCUT2D eigenvalue weighted by atomic mass is 10.2. The molecule has 0 saturated carbocycles. The van der Waals surface area contributed by atoms with E-state index in [9.17, 15) is 4.79 Å². The average Bonchev–Trinajstić information content (AvgIpc) is 3.09. The Morgan fingerprint density at radius 2 is 1.91 bits per heavy atom. The van der Waals surface area contributed by atoms with Crippen LogP contribution < -0.4 is 5.32 Å². The molecule has 0 aliphatic carbocycles. The third kappa shape index (κ3) is 4.37. The second-order valence-corrected chi connectivity index (χ2v) is 5.72. The lowest BCUT2D eigenvalue weighted by Gasteiger charge is -2.05. The van der Waals surface area contributed by atoms with Crippen LogP contribution in [-0.2, 0) is 17.9 Å². The minimum absolute atomic E-state index is 0.257. The van der Waals surface area contributed by atoms with E-state index < -0.39 is 6.09 Å². The van der Waals surface area contributed by atoms with Crippen molar-refractivity contribution >= 4 is 17.4 Å². The Balaban J connectivity index is 1.49. The van der Waals surface area contributed by atoms with E-state index in [0.717, 1.165) is 21.8 Å². The van der Waals surface area contributed by atoms with Gasteiger partial charge >= 0.3 is 6.09 Å². The smallest absolute Gasteiger partial charge is 0.407 e. The zero-order chi connectivity index (χ0) is 15.9. The highest BCUT2D eigenvalue weighted by atomic mass is 32.1. The first kappa shape index (κ1) is 15.2. The molecule has 0 bridgehead atoms. The van der Waals surface area contributed by atoms with Crippen LogP contribution in [0.15, 0.2) is 60.2 Å². The molecule has 1 amide bonds. The molecule has 5 nitrogen and oxygen atoms in total. The van der Waals surface area contributed by atoms with Gasteiger partial charge in [0.25, 0.3) is 0 Å². The van der Waals surface area contributed by atoms with Crippen LogP contribution in [0.25, 0.3) is 11.3 Å². The van der Waals surface area contributed by atoms with Crippen molar-refractivity contribution in [1.29, 1.82) is 0 Å². The maximum atomic E-state index is 11.7. The molecule has 1 aromatic carbocycles. The van der Waals surface area contributed by atoms with Crippen molar-refractivity contribution in [1.82, 2.24) is 15.3 Å². The van der Waals surface area contributed by atoms with Crippen LogP contribution in [0, 0.1) is 0 Å². The van der Waals surface area contributed by atoms with E-state index >= 15 is 0 Å². The quantitative estimate of drug-likeness (QED) is 0.778. The summed E-state index contributed by atoms with van der Waals surface area (Å²) in [6, 6.07) is 13.4. The zero-order valence-electron chi connectivity index (χ0n) is 12.3. The van der Waals surface area contributed by atoms with Gasteiger partial charge in [-0.05, 0) is 17.7 Å². The summed E-state index contributed by atoms with van der Waals surface area (Å²) in [5.41, 5.74) is 2.85. The maximum absolute atomic E-state index is 11.7. The Hall–Kier alpha value is -2.73. The van der Waals surface area contributed by atoms with Gasteiger partial charge in [0, 0.05) is 23.3 Å². The zero-order valence-corrected chi connectivity index (χ0v) is 13.1. The topological polar surface area (TPSA) is 64.1 Å². The Kier molecular flexibility index (Phi) is 4.95. The Morgan fingerprint density at radius 1 is 1.13 bits per heavy atom. The molecule has 6 heteroatoms. The Labute approximate surface area is 138 Å². The predicted molar refractivity (Wildman–Crippen MR) is 88.8 cm³/mol. The molecular weight excluding hydrogens is 310 g/mol. The number of alkyl carbamates (subject to hydrolysis) is 1. The maximum Gasteiger partial charge on any atom is 0.407 e. The SMILES string of the molecule is O=C(NCc1nc(-c2ccncc2)cs1)OCc1ccccc1. The van der Waals surface area contributed by atoms with Crippen molar-refractivity contribution in [2.45, 2.75) is 13.2 Å². The number of amides is 1. The summed E-state index contributed by atoms with van der Waals surface area (Å²) >= 11 is 1.50. The first-order valence-corrected chi connectivity index (χ1v) is 7.98. The summed E-state index contributed by atoms with van der Waals surface area (Å²) in [5, 5.41) is 5.50. The number of rotatable bonds is 5. The van der Waals surface area contributed by atoms with Gasteiger partial charge in [-0.2, -0.15) is 0 Å². The van der Waals surface area contributed by atoms with E-state index in [2.05, 4.69) is 15.3 Å². The second kappa shape index (κ2) is 7.51.